The Balaban J connectivity index is 1.33. The average molecular weight is 714 g/mol. The predicted octanol–water partition coefficient (Wildman–Crippen LogP) is 8.77. The Bertz CT molecular complexity index is 2500. The van der Waals surface area contributed by atoms with Gasteiger partial charge in [0, 0.05) is 49.9 Å². The van der Waals surface area contributed by atoms with E-state index in [1.165, 1.54) is 34.0 Å². The molecule has 3 aromatic heterocycles. The first-order valence-corrected chi connectivity index (χ1v) is 17.6. The van der Waals surface area contributed by atoms with Crippen molar-refractivity contribution >= 4 is 51.1 Å². The van der Waals surface area contributed by atoms with Crippen LogP contribution in [0.15, 0.2) is 88.9 Å². The summed E-state index contributed by atoms with van der Waals surface area (Å²) in [6.45, 7) is 0. The summed E-state index contributed by atoms with van der Waals surface area (Å²) in [4.78, 5) is 3.67. The topological polar surface area (TPSA) is 146 Å². The van der Waals surface area contributed by atoms with Crippen molar-refractivity contribution in [1.82, 2.24) is 0 Å². The van der Waals surface area contributed by atoms with Crippen molar-refractivity contribution in [2.75, 3.05) is 4.90 Å². The molecule has 52 heavy (non-hydrogen) atoms. The largest absolute Gasteiger partial charge is 0.311 e. The Kier molecular flexibility index (Phi) is 10.2. The van der Waals surface area contributed by atoms with Crippen molar-refractivity contribution in [3.8, 4) is 71.9 Å². The normalized spacial score (nSPS) is 9.35. The molecular weight excluding hydrogens is 699 g/mol. The van der Waals surface area contributed by atoms with Crippen molar-refractivity contribution in [3.63, 3.8) is 0 Å². The van der Waals surface area contributed by atoms with E-state index in [1.807, 2.05) is 91.0 Å². The van der Waals surface area contributed by atoms with Gasteiger partial charge in [0.15, 0.2) is 0 Å². The molecule has 0 aliphatic carbocycles. The molecule has 0 N–H and O–H groups in total. The number of anilines is 3. The van der Waals surface area contributed by atoms with Gasteiger partial charge in [0.05, 0.1) is 48.0 Å². The van der Waals surface area contributed by atoms with Crippen LogP contribution in [0, 0.1) is 104 Å². The van der Waals surface area contributed by atoms with Gasteiger partial charge in [-0.05, 0) is 90.6 Å². The number of thiophene rings is 3. The van der Waals surface area contributed by atoms with Gasteiger partial charge >= 0.3 is 0 Å². The van der Waals surface area contributed by atoms with Crippen molar-refractivity contribution < 1.29 is 0 Å². The van der Waals surface area contributed by atoms with Crippen LogP contribution >= 0.6 is 34.0 Å². The van der Waals surface area contributed by atoms with E-state index in [0.29, 0.717) is 31.3 Å². The highest BCUT2D eigenvalue weighted by atomic mass is 32.1. The first-order chi connectivity index (χ1) is 25.5. The van der Waals surface area contributed by atoms with Crippen molar-refractivity contribution in [3.05, 3.63) is 154 Å². The van der Waals surface area contributed by atoms with E-state index in [0.717, 1.165) is 33.8 Å². The molecule has 7 nitrogen and oxygen atoms in total. The quantitative estimate of drug-likeness (QED) is 0.167. The van der Waals surface area contributed by atoms with Crippen LogP contribution in [0.25, 0.3) is 0 Å². The maximum atomic E-state index is 9.47. The zero-order valence-corrected chi connectivity index (χ0v) is 29.0. The highest BCUT2D eigenvalue weighted by Gasteiger charge is 2.14. The lowest BCUT2D eigenvalue weighted by Gasteiger charge is -2.25. The van der Waals surface area contributed by atoms with Gasteiger partial charge in [-0.3, -0.25) is 0 Å². The Morgan fingerprint density at radius 1 is 0.346 bits per heavy atom. The third-order valence-corrected chi connectivity index (χ3v) is 10.1. The van der Waals surface area contributed by atoms with Gasteiger partial charge in [-0.15, -0.1) is 34.0 Å². The van der Waals surface area contributed by atoms with E-state index in [9.17, 15) is 31.6 Å². The molecule has 0 fully saturated rings. The third kappa shape index (κ3) is 7.13. The molecule has 3 heterocycles. The highest BCUT2D eigenvalue weighted by Crippen LogP contribution is 2.35. The minimum absolute atomic E-state index is 0.282. The number of hydrogen-bond donors (Lipinski definition) is 0. The Morgan fingerprint density at radius 2 is 0.615 bits per heavy atom. The maximum Gasteiger partial charge on any atom is 0.103 e. The molecule has 0 bridgehead atoms. The summed E-state index contributed by atoms with van der Waals surface area (Å²) in [5, 5.41) is 61.0. The molecule has 6 rings (SSSR count). The summed E-state index contributed by atoms with van der Waals surface area (Å²) in [5.74, 6) is 18.3. The number of benzene rings is 3. The number of nitrogens with zero attached hydrogens (tertiary/aromatic N) is 7. The zero-order valence-electron chi connectivity index (χ0n) is 26.5. The molecule has 0 saturated heterocycles. The first kappa shape index (κ1) is 34.1. The number of rotatable bonds is 3. The molecule has 0 atom stereocenters. The van der Waals surface area contributed by atoms with E-state index < -0.39 is 0 Å². The van der Waals surface area contributed by atoms with E-state index in [-0.39, 0.29) is 16.7 Å². The minimum Gasteiger partial charge on any atom is -0.311 e. The smallest absolute Gasteiger partial charge is 0.103 e. The van der Waals surface area contributed by atoms with Crippen molar-refractivity contribution in [2.24, 2.45) is 0 Å². The molecule has 0 aliphatic heterocycles. The van der Waals surface area contributed by atoms with E-state index in [1.54, 1.807) is 16.1 Å². The summed E-state index contributed by atoms with van der Waals surface area (Å²) in [5.41, 5.74) is 6.49. The summed E-state index contributed by atoms with van der Waals surface area (Å²) in [6, 6.07) is 35.2. The Morgan fingerprint density at radius 3 is 0.846 bits per heavy atom. The van der Waals surface area contributed by atoms with Crippen LogP contribution in [0.4, 0.5) is 17.1 Å². The summed E-state index contributed by atoms with van der Waals surface area (Å²) < 4.78 is 0. The maximum absolute atomic E-state index is 9.47. The minimum atomic E-state index is 0.282. The summed E-state index contributed by atoms with van der Waals surface area (Å²) in [7, 11) is 0. The van der Waals surface area contributed by atoms with Gasteiger partial charge in [-0.1, -0.05) is 17.8 Å². The number of hydrogen-bond acceptors (Lipinski definition) is 10. The number of nitriles is 6. The molecule has 10 heteroatoms. The van der Waals surface area contributed by atoms with Crippen molar-refractivity contribution in [1.29, 1.82) is 31.6 Å². The molecule has 3 aromatic carbocycles. The fraction of sp³-hybridized carbons (Fsp3) is 0. The second-order valence-electron chi connectivity index (χ2n) is 10.5. The fourth-order valence-corrected chi connectivity index (χ4v) is 7.21. The SMILES string of the molecule is N#Cc1csc(C#Cc2ccc(N(c3ccc(C#Cc4scc(C#N)c4C#N)cc3)c3ccc(C#Cc4scc(C#N)c4C#N)cc3)cc2)c1C#N. The standard InChI is InChI=1S/C42H15N7S3/c43-19-31-25-50-40(37(31)22-46)16-7-28-1-10-34(11-2-28)49(35-12-3-29(4-13-35)8-17-41-38(23-47)32(20-44)26-51-41)36-14-5-30(6-15-36)9-18-42-39(24-48)33(21-45)27-52-42/h1-6,10-15,25-27H. The Hall–Kier alpha value is -7.82. The fourth-order valence-electron chi connectivity index (χ4n) is 4.85. The molecule has 236 valence electrons. The second-order valence-corrected chi connectivity index (χ2v) is 13.1. The zero-order chi connectivity index (χ0) is 36.5. The predicted molar refractivity (Wildman–Crippen MR) is 200 cm³/mol. The molecule has 0 unspecified atom stereocenters. The van der Waals surface area contributed by atoms with Gasteiger partial charge in [-0.25, -0.2) is 0 Å². The van der Waals surface area contributed by atoms with Crippen LogP contribution in [0.3, 0.4) is 0 Å². The average Bonchev–Trinajstić information content (AvgIpc) is 3.92. The second kappa shape index (κ2) is 15.6. The van der Waals surface area contributed by atoms with E-state index in [2.05, 4.69) is 58.6 Å². The lowest BCUT2D eigenvalue weighted by atomic mass is 10.1. The monoisotopic (exact) mass is 713 g/mol. The van der Waals surface area contributed by atoms with Crippen LogP contribution in [0.5, 0.6) is 0 Å². The van der Waals surface area contributed by atoms with E-state index >= 15 is 0 Å². The molecular formula is C42H15N7S3. The van der Waals surface area contributed by atoms with Crippen LogP contribution in [0.2, 0.25) is 0 Å². The first-order valence-electron chi connectivity index (χ1n) is 14.9. The van der Waals surface area contributed by atoms with E-state index in [4.69, 9.17) is 0 Å². The van der Waals surface area contributed by atoms with Crippen LogP contribution in [-0.2, 0) is 0 Å². The molecule has 0 aliphatic rings. The van der Waals surface area contributed by atoms with Crippen LogP contribution in [0.1, 0.15) is 64.7 Å². The van der Waals surface area contributed by atoms with Gasteiger partial charge in [-0.2, -0.15) is 31.6 Å². The molecule has 6 aromatic rings. The Labute approximate surface area is 311 Å². The van der Waals surface area contributed by atoms with Crippen LogP contribution < -0.4 is 4.90 Å². The molecule has 0 amide bonds. The van der Waals surface area contributed by atoms with Gasteiger partial charge in [0.2, 0.25) is 0 Å². The molecule has 0 radical (unpaired) electrons. The lowest BCUT2D eigenvalue weighted by Crippen LogP contribution is -2.09. The summed E-state index contributed by atoms with van der Waals surface area (Å²) in [6.07, 6.45) is 0. The van der Waals surface area contributed by atoms with Crippen LogP contribution in [-0.4, -0.2) is 0 Å². The molecule has 0 spiro atoms. The van der Waals surface area contributed by atoms with Gasteiger partial charge in [0.25, 0.3) is 0 Å². The van der Waals surface area contributed by atoms with Gasteiger partial charge < -0.3 is 4.90 Å². The lowest BCUT2D eigenvalue weighted by molar-refractivity contribution is 1.28. The van der Waals surface area contributed by atoms with Gasteiger partial charge in [0.1, 0.15) is 36.4 Å². The third-order valence-electron chi connectivity index (χ3n) is 7.41. The highest BCUT2D eigenvalue weighted by molar-refractivity contribution is 7.11. The summed E-state index contributed by atoms with van der Waals surface area (Å²) >= 11 is 3.79. The molecule has 0 saturated carbocycles. The van der Waals surface area contributed by atoms with Crippen molar-refractivity contribution in [2.45, 2.75) is 0 Å².